The monoisotopic (exact) mass is 350 g/mol. The van der Waals surface area contributed by atoms with E-state index < -0.39 is 0 Å². The maximum Gasteiger partial charge on any atom is 0.271 e. The third kappa shape index (κ3) is 3.71. The minimum Gasteiger partial charge on any atom is -0.348 e. The van der Waals surface area contributed by atoms with Gasteiger partial charge in [-0.1, -0.05) is 43.9 Å². The summed E-state index contributed by atoms with van der Waals surface area (Å²) in [6.07, 6.45) is 12.6. The van der Waals surface area contributed by atoms with E-state index in [4.69, 9.17) is 0 Å². The van der Waals surface area contributed by atoms with Crippen LogP contribution in [0, 0.1) is 0 Å². The summed E-state index contributed by atoms with van der Waals surface area (Å²) < 4.78 is 0. The van der Waals surface area contributed by atoms with Crippen molar-refractivity contribution in [3.05, 3.63) is 47.9 Å². The van der Waals surface area contributed by atoms with Gasteiger partial charge in [-0.3, -0.25) is 4.79 Å². The van der Waals surface area contributed by atoms with Gasteiger partial charge >= 0.3 is 0 Å². The number of nitrogens with zero attached hydrogens (tertiary/aromatic N) is 3. The predicted octanol–water partition coefficient (Wildman–Crippen LogP) is 4.01. The van der Waals surface area contributed by atoms with Gasteiger partial charge in [-0.25, -0.2) is 9.97 Å². The summed E-state index contributed by atoms with van der Waals surface area (Å²) in [7, 11) is 0. The molecule has 4 rings (SSSR count). The second-order valence-electron chi connectivity index (χ2n) is 7.31. The summed E-state index contributed by atoms with van der Waals surface area (Å²) in [6.45, 7) is 0.930. The Morgan fingerprint density at radius 2 is 1.81 bits per heavy atom. The van der Waals surface area contributed by atoms with Crippen molar-refractivity contribution in [3.63, 3.8) is 0 Å². The Balaban J connectivity index is 1.46. The van der Waals surface area contributed by atoms with E-state index in [0.29, 0.717) is 5.69 Å². The number of aryl methyl sites for hydroxylation is 1. The maximum absolute atomic E-state index is 12.5. The molecule has 136 valence electrons. The fraction of sp³-hybridized carbons (Fsp3) is 0.476. The highest BCUT2D eigenvalue weighted by Crippen LogP contribution is 2.31. The van der Waals surface area contributed by atoms with Crippen LogP contribution in [0.3, 0.4) is 0 Å². The van der Waals surface area contributed by atoms with Crippen LogP contribution in [0.1, 0.15) is 61.0 Å². The van der Waals surface area contributed by atoms with Crippen molar-refractivity contribution < 1.29 is 4.79 Å². The first-order valence-electron chi connectivity index (χ1n) is 9.79. The standard InChI is InChI=1S/C21H26N4O/c26-21(24-17-10-3-1-2-4-11-17)18-14-23-20(15-22-18)25-13-7-9-16-8-5-6-12-19(16)25/h5-6,8,12,14-15,17H,1-4,7,9-11,13H2,(H,24,26). The lowest BCUT2D eigenvalue weighted by atomic mass is 10.0. The molecule has 26 heavy (non-hydrogen) atoms. The van der Waals surface area contributed by atoms with Gasteiger partial charge in [0.05, 0.1) is 12.4 Å². The molecular formula is C21H26N4O. The number of rotatable bonds is 3. The van der Waals surface area contributed by atoms with Crippen molar-refractivity contribution in [2.24, 2.45) is 0 Å². The maximum atomic E-state index is 12.5. The molecule has 5 nitrogen and oxygen atoms in total. The number of aromatic nitrogens is 2. The number of benzene rings is 1. The summed E-state index contributed by atoms with van der Waals surface area (Å²) in [6, 6.07) is 8.71. The zero-order valence-corrected chi connectivity index (χ0v) is 15.2. The number of hydrogen-bond acceptors (Lipinski definition) is 4. The number of hydrogen-bond donors (Lipinski definition) is 1. The lowest BCUT2D eigenvalue weighted by Gasteiger charge is -2.30. The van der Waals surface area contributed by atoms with Crippen molar-refractivity contribution >= 4 is 17.4 Å². The van der Waals surface area contributed by atoms with Crippen molar-refractivity contribution in [1.29, 1.82) is 0 Å². The van der Waals surface area contributed by atoms with Gasteiger partial charge in [0.15, 0.2) is 5.82 Å². The van der Waals surface area contributed by atoms with Gasteiger partial charge in [0, 0.05) is 18.3 Å². The predicted molar refractivity (Wildman–Crippen MR) is 103 cm³/mol. The number of carbonyl (C=O) groups is 1. The lowest BCUT2D eigenvalue weighted by Crippen LogP contribution is -2.35. The van der Waals surface area contributed by atoms with Gasteiger partial charge < -0.3 is 10.2 Å². The molecule has 0 saturated heterocycles. The molecule has 0 spiro atoms. The number of carbonyl (C=O) groups excluding carboxylic acids is 1. The average molecular weight is 350 g/mol. The van der Waals surface area contributed by atoms with Gasteiger partial charge in [-0.15, -0.1) is 0 Å². The molecule has 2 aliphatic rings. The average Bonchev–Trinajstić information content (AvgIpc) is 2.96. The normalized spacial score (nSPS) is 18.1. The fourth-order valence-electron chi connectivity index (χ4n) is 4.03. The van der Waals surface area contributed by atoms with E-state index in [2.05, 4.69) is 44.5 Å². The second-order valence-corrected chi connectivity index (χ2v) is 7.31. The lowest BCUT2D eigenvalue weighted by molar-refractivity contribution is 0.0928. The van der Waals surface area contributed by atoms with Crippen LogP contribution in [-0.4, -0.2) is 28.5 Å². The molecule has 1 aliphatic heterocycles. The molecule has 1 aromatic carbocycles. The summed E-state index contributed by atoms with van der Waals surface area (Å²) in [5.74, 6) is 0.707. The van der Waals surface area contributed by atoms with E-state index in [0.717, 1.165) is 38.0 Å². The molecule has 5 heteroatoms. The van der Waals surface area contributed by atoms with E-state index in [1.165, 1.54) is 36.9 Å². The smallest absolute Gasteiger partial charge is 0.271 e. The minimum absolute atomic E-state index is 0.102. The van der Waals surface area contributed by atoms with Crippen LogP contribution in [0.15, 0.2) is 36.7 Å². The molecule has 1 aromatic heterocycles. The highest BCUT2D eigenvalue weighted by molar-refractivity contribution is 5.92. The third-order valence-corrected chi connectivity index (χ3v) is 5.45. The molecule has 0 bridgehead atoms. The summed E-state index contributed by atoms with van der Waals surface area (Å²) >= 11 is 0. The minimum atomic E-state index is -0.102. The van der Waals surface area contributed by atoms with E-state index >= 15 is 0 Å². The number of fused-ring (bicyclic) bond motifs is 1. The molecular weight excluding hydrogens is 324 g/mol. The van der Waals surface area contributed by atoms with Gasteiger partial charge in [-0.2, -0.15) is 0 Å². The van der Waals surface area contributed by atoms with Gasteiger partial charge in [0.1, 0.15) is 5.69 Å². The van der Waals surface area contributed by atoms with E-state index in [1.54, 1.807) is 12.4 Å². The Hall–Kier alpha value is -2.43. The molecule has 1 aliphatic carbocycles. The van der Waals surface area contributed by atoms with Crippen LogP contribution in [0.4, 0.5) is 11.5 Å². The van der Waals surface area contributed by atoms with Crippen LogP contribution in [-0.2, 0) is 6.42 Å². The van der Waals surface area contributed by atoms with Gasteiger partial charge in [-0.05, 0) is 37.3 Å². The van der Waals surface area contributed by atoms with Crippen LogP contribution >= 0.6 is 0 Å². The highest BCUT2D eigenvalue weighted by Gasteiger charge is 2.20. The molecule has 0 radical (unpaired) electrons. The highest BCUT2D eigenvalue weighted by atomic mass is 16.1. The summed E-state index contributed by atoms with van der Waals surface area (Å²) in [5, 5.41) is 3.13. The Morgan fingerprint density at radius 1 is 1.00 bits per heavy atom. The largest absolute Gasteiger partial charge is 0.348 e. The van der Waals surface area contributed by atoms with E-state index in [1.807, 2.05) is 0 Å². The molecule has 1 N–H and O–H groups in total. The van der Waals surface area contributed by atoms with Crippen LogP contribution in [0.25, 0.3) is 0 Å². The van der Waals surface area contributed by atoms with Crippen molar-refractivity contribution in [3.8, 4) is 0 Å². The van der Waals surface area contributed by atoms with Crippen molar-refractivity contribution in [2.45, 2.75) is 57.4 Å². The molecule has 1 fully saturated rings. The SMILES string of the molecule is O=C(NC1CCCCCC1)c1cnc(N2CCCc3ccccc32)cn1. The van der Waals surface area contributed by atoms with Crippen molar-refractivity contribution in [1.82, 2.24) is 15.3 Å². The second kappa shape index (κ2) is 7.85. The molecule has 1 saturated carbocycles. The Labute approximate surface area is 154 Å². The van der Waals surface area contributed by atoms with E-state index in [9.17, 15) is 4.79 Å². The molecule has 0 unspecified atom stereocenters. The topological polar surface area (TPSA) is 58.1 Å². The first kappa shape index (κ1) is 17.0. The number of para-hydroxylation sites is 1. The zero-order valence-electron chi connectivity index (χ0n) is 15.2. The quantitative estimate of drug-likeness (QED) is 0.850. The van der Waals surface area contributed by atoms with E-state index in [-0.39, 0.29) is 11.9 Å². The number of nitrogens with one attached hydrogen (secondary N) is 1. The molecule has 0 atom stereocenters. The van der Waals surface area contributed by atoms with Crippen molar-refractivity contribution in [2.75, 3.05) is 11.4 Å². The number of anilines is 2. The Morgan fingerprint density at radius 3 is 2.58 bits per heavy atom. The van der Waals surface area contributed by atoms with Crippen LogP contribution in [0.2, 0.25) is 0 Å². The third-order valence-electron chi connectivity index (χ3n) is 5.45. The van der Waals surface area contributed by atoms with Gasteiger partial charge in [0.25, 0.3) is 5.91 Å². The summed E-state index contributed by atoms with van der Waals surface area (Å²) in [4.78, 5) is 23.6. The number of amides is 1. The molecule has 1 amide bonds. The summed E-state index contributed by atoms with van der Waals surface area (Å²) in [5.41, 5.74) is 2.95. The Bertz CT molecular complexity index is 751. The first-order chi connectivity index (χ1) is 12.8. The molecule has 2 heterocycles. The van der Waals surface area contributed by atoms with Crippen LogP contribution in [0.5, 0.6) is 0 Å². The fourth-order valence-corrected chi connectivity index (χ4v) is 4.03. The van der Waals surface area contributed by atoms with Crippen LogP contribution < -0.4 is 10.2 Å². The van der Waals surface area contributed by atoms with Gasteiger partial charge in [0.2, 0.25) is 0 Å². The Kier molecular flexibility index (Phi) is 5.14. The molecule has 2 aromatic rings. The first-order valence-corrected chi connectivity index (χ1v) is 9.79. The zero-order chi connectivity index (χ0) is 17.8.